The lowest BCUT2D eigenvalue weighted by atomic mass is 9.70. The number of hydrogen-bond donors (Lipinski definition) is 0. The average Bonchev–Trinajstić information content (AvgIpc) is 2.62. The Morgan fingerprint density at radius 3 is 1.67 bits per heavy atom. The van der Waals surface area contributed by atoms with Crippen molar-refractivity contribution in [3.63, 3.8) is 0 Å². The molecule has 0 aromatic carbocycles. The van der Waals surface area contributed by atoms with Gasteiger partial charge in [-0.3, -0.25) is 0 Å². The Kier molecular flexibility index (Phi) is 6.65. The van der Waals surface area contributed by atoms with E-state index in [1.165, 1.54) is 77.5 Å². The third-order valence-electron chi connectivity index (χ3n) is 7.75. The molecule has 1 saturated carbocycles. The third kappa shape index (κ3) is 4.55. The molecule has 0 spiro atoms. The highest BCUT2D eigenvalue weighted by Gasteiger charge is 2.33. The molecule has 3 fully saturated rings. The largest absolute Gasteiger partial charge is 0.301 e. The molecule has 24 heavy (non-hydrogen) atoms. The predicted octanol–water partition coefficient (Wildman–Crippen LogP) is 5.03. The van der Waals surface area contributed by atoms with Gasteiger partial charge in [-0.25, -0.2) is 0 Å². The molecule has 3 aliphatic rings. The smallest absolute Gasteiger partial charge is 0.0120 e. The van der Waals surface area contributed by atoms with E-state index in [0.717, 1.165) is 35.8 Å². The van der Waals surface area contributed by atoms with E-state index in [2.05, 4.69) is 37.5 Å². The maximum Gasteiger partial charge on any atom is 0.0120 e. The van der Waals surface area contributed by atoms with E-state index in [9.17, 15) is 0 Å². The molecule has 0 aromatic rings. The molecular formula is C22H42N2. The number of hydrogen-bond acceptors (Lipinski definition) is 2. The van der Waals surface area contributed by atoms with Crippen LogP contribution in [0.25, 0.3) is 0 Å². The normalized spacial score (nSPS) is 32.8. The molecule has 2 saturated heterocycles. The van der Waals surface area contributed by atoms with E-state index in [4.69, 9.17) is 0 Å². The molecule has 0 N–H and O–H groups in total. The van der Waals surface area contributed by atoms with Gasteiger partial charge in [-0.2, -0.15) is 0 Å². The molecule has 0 atom stereocenters. The van der Waals surface area contributed by atoms with Crippen molar-refractivity contribution >= 4 is 0 Å². The predicted molar refractivity (Wildman–Crippen MR) is 104 cm³/mol. The van der Waals surface area contributed by atoms with Crippen molar-refractivity contribution in [1.82, 2.24) is 9.80 Å². The van der Waals surface area contributed by atoms with Crippen molar-refractivity contribution in [2.75, 3.05) is 26.2 Å². The summed E-state index contributed by atoms with van der Waals surface area (Å²) in [6.45, 7) is 15.0. The van der Waals surface area contributed by atoms with Gasteiger partial charge in [-0.05, 0) is 115 Å². The van der Waals surface area contributed by atoms with Crippen molar-refractivity contribution in [2.45, 2.75) is 91.1 Å². The second-order valence-electron chi connectivity index (χ2n) is 9.65. The molecule has 0 amide bonds. The van der Waals surface area contributed by atoms with Crippen LogP contribution in [0.15, 0.2) is 0 Å². The maximum absolute atomic E-state index is 2.86. The zero-order valence-corrected chi connectivity index (χ0v) is 16.8. The lowest BCUT2D eigenvalue weighted by Gasteiger charge is -2.45. The van der Waals surface area contributed by atoms with E-state index >= 15 is 0 Å². The summed E-state index contributed by atoms with van der Waals surface area (Å²) in [7, 11) is 0. The summed E-state index contributed by atoms with van der Waals surface area (Å²) in [4.78, 5) is 5.52. The SMILES string of the molecule is CC(C)C1CCC(C2CCN(C3CCN(C(C)C)CC3)CC2)CC1. The minimum Gasteiger partial charge on any atom is -0.301 e. The molecule has 140 valence electrons. The summed E-state index contributed by atoms with van der Waals surface area (Å²) in [5, 5.41) is 0. The molecule has 0 aromatic heterocycles. The van der Waals surface area contributed by atoms with Crippen molar-refractivity contribution in [1.29, 1.82) is 0 Å². The molecule has 2 heterocycles. The average molecular weight is 335 g/mol. The van der Waals surface area contributed by atoms with Gasteiger partial charge in [0, 0.05) is 12.1 Å². The van der Waals surface area contributed by atoms with Crippen LogP contribution in [0.1, 0.15) is 79.1 Å². The molecule has 0 unspecified atom stereocenters. The third-order valence-corrected chi connectivity index (χ3v) is 7.75. The topological polar surface area (TPSA) is 6.48 Å². The lowest BCUT2D eigenvalue weighted by molar-refractivity contribution is 0.0480. The molecule has 2 aliphatic heterocycles. The van der Waals surface area contributed by atoms with Crippen LogP contribution in [-0.2, 0) is 0 Å². The fourth-order valence-corrected chi connectivity index (χ4v) is 5.81. The Labute approximate surface area is 151 Å². The van der Waals surface area contributed by atoms with Gasteiger partial charge in [-0.1, -0.05) is 13.8 Å². The highest BCUT2D eigenvalue weighted by Crippen LogP contribution is 2.40. The second-order valence-corrected chi connectivity index (χ2v) is 9.65. The van der Waals surface area contributed by atoms with Crippen molar-refractivity contribution in [3.05, 3.63) is 0 Å². The monoisotopic (exact) mass is 334 g/mol. The van der Waals surface area contributed by atoms with Gasteiger partial charge in [0.05, 0.1) is 0 Å². The van der Waals surface area contributed by atoms with Crippen LogP contribution in [-0.4, -0.2) is 48.1 Å². The number of likely N-dealkylation sites (tertiary alicyclic amines) is 2. The minimum atomic E-state index is 0.734. The molecule has 2 heteroatoms. The first-order chi connectivity index (χ1) is 11.5. The van der Waals surface area contributed by atoms with Crippen molar-refractivity contribution in [3.8, 4) is 0 Å². The Morgan fingerprint density at radius 1 is 0.625 bits per heavy atom. The van der Waals surface area contributed by atoms with Gasteiger partial charge < -0.3 is 9.80 Å². The summed E-state index contributed by atoms with van der Waals surface area (Å²) < 4.78 is 0. The summed E-state index contributed by atoms with van der Waals surface area (Å²) in [5.74, 6) is 4.03. The van der Waals surface area contributed by atoms with E-state index < -0.39 is 0 Å². The Morgan fingerprint density at radius 2 is 1.17 bits per heavy atom. The Balaban J connectivity index is 1.39. The molecule has 0 bridgehead atoms. The minimum absolute atomic E-state index is 0.734. The highest BCUT2D eigenvalue weighted by atomic mass is 15.2. The van der Waals surface area contributed by atoms with Crippen LogP contribution in [0.2, 0.25) is 0 Å². The van der Waals surface area contributed by atoms with Crippen LogP contribution in [0.4, 0.5) is 0 Å². The van der Waals surface area contributed by atoms with Gasteiger partial charge in [0.2, 0.25) is 0 Å². The quantitative estimate of drug-likeness (QED) is 0.711. The fourth-order valence-electron chi connectivity index (χ4n) is 5.81. The van der Waals surface area contributed by atoms with E-state index in [-0.39, 0.29) is 0 Å². The Bertz CT molecular complexity index is 318. The van der Waals surface area contributed by atoms with Gasteiger partial charge in [0.15, 0.2) is 0 Å². The second kappa shape index (κ2) is 8.54. The lowest BCUT2D eigenvalue weighted by Crippen LogP contribution is -2.49. The zero-order valence-electron chi connectivity index (χ0n) is 16.8. The number of piperidine rings is 2. The Hall–Kier alpha value is -0.0800. The number of nitrogens with zero attached hydrogens (tertiary/aromatic N) is 2. The van der Waals surface area contributed by atoms with Gasteiger partial charge in [0.25, 0.3) is 0 Å². The van der Waals surface area contributed by atoms with E-state index in [0.29, 0.717) is 0 Å². The van der Waals surface area contributed by atoms with Crippen molar-refractivity contribution in [2.24, 2.45) is 23.7 Å². The maximum atomic E-state index is 2.86. The van der Waals surface area contributed by atoms with Crippen LogP contribution >= 0.6 is 0 Å². The molecule has 0 radical (unpaired) electrons. The van der Waals surface area contributed by atoms with E-state index in [1.54, 1.807) is 0 Å². The first-order valence-electron chi connectivity index (χ1n) is 11.0. The van der Waals surface area contributed by atoms with Crippen LogP contribution < -0.4 is 0 Å². The highest BCUT2D eigenvalue weighted by molar-refractivity contribution is 4.87. The van der Waals surface area contributed by atoms with Crippen molar-refractivity contribution < 1.29 is 0 Å². The van der Waals surface area contributed by atoms with Gasteiger partial charge in [0.1, 0.15) is 0 Å². The molecule has 1 aliphatic carbocycles. The summed E-state index contributed by atoms with van der Waals surface area (Å²) in [5.41, 5.74) is 0. The summed E-state index contributed by atoms with van der Waals surface area (Å²) in [6, 6.07) is 1.62. The zero-order chi connectivity index (χ0) is 17.1. The van der Waals surface area contributed by atoms with E-state index in [1.807, 2.05) is 0 Å². The van der Waals surface area contributed by atoms with Crippen LogP contribution in [0.3, 0.4) is 0 Å². The van der Waals surface area contributed by atoms with Gasteiger partial charge >= 0.3 is 0 Å². The standard InChI is InChI=1S/C22H42N2/c1-17(2)19-5-7-20(8-6-19)21-9-13-24(14-10-21)22-11-15-23(16-12-22)18(3)4/h17-22H,5-16H2,1-4H3. The molecular weight excluding hydrogens is 292 g/mol. The fraction of sp³-hybridized carbons (Fsp3) is 1.00. The summed E-state index contributed by atoms with van der Waals surface area (Å²) >= 11 is 0. The first-order valence-corrected chi connectivity index (χ1v) is 11.0. The first kappa shape index (κ1) is 18.7. The summed E-state index contributed by atoms with van der Waals surface area (Å²) in [6.07, 6.45) is 11.9. The molecule has 2 nitrogen and oxygen atoms in total. The van der Waals surface area contributed by atoms with Crippen LogP contribution in [0, 0.1) is 23.7 Å². The van der Waals surface area contributed by atoms with Gasteiger partial charge in [-0.15, -0.1) is 0 Å². The molecule has 3 rings (SSSR count). The number of rotatable bonds is 4. The van der Waals surface area contributed by atoms with Crippen LogP contribution in [0.5, 0.6) is 0 Å².